The first-order valence-electron chi connectivity index (χ1n) is 9.57. The van der Waals surface area contributed by atoms with Crippen molar-refractivity contribution in [1.82, 2.24) is 14.9 Å². The van der Waals surface area contributed by atoms with E-state index in [2.05, 4.69) is 56.9 Å². The summed E-state index contributed by atoms with van der Waals surface area (Å²) in [7, 11) is 0. The van der Waals surface area contributed by atoms with Gasteiger partial charge in [-0.25, -0.2) is 10.0 Å². The van der Waals surface area contributed by atoms with Crippen LogP contribution in [0.3, 0.4) is 0 Å². The van der Waals surface area contributed by atoms with Crippen LogP contribution in [-0.2, 0) is 6.54 Å². The molecular formula is C21H25N7. The fourth-order valence-corrected chi connectivity index (χ4v) is 3.51. The number of benzene rings is 1. The van der Waals surface area contributed by atoms with E-state index in [-0.39, 0.29) is 6.04 Å². The van der Waals surface area contributed by atoms with Crippen molar-refractivity contribution in [3.05, 3.63) is 66.3 Å². The monoisotopic (exact) mass is 375 g/mol. The number of likely N-dealkylation sites (tertiary alicyclic amines) is 1. The zero-order chi connectivity index (χ0) is 19.5. The Morgan fingerprint density at radius 2 is 2.29 bits per heavy atom. The molecule has 2 aliphatic rings. The van der Waals surface area contributed by atoms with Crippen LogP contribution in [0.25, 0.3) is 10.9 Å². The molecule has 7 heteroatoms. The highest BCUT2D eigenvalue weighted by molar-refractivity contribution is 5.99. The summed E-state index contributed by atoms with van der Waals surface area (Å²) in [4.78, 5) is 11.1. The first kappa shape index (κ1) is 18.3. The van der Waals surface area contributed by atoms with Gasteiger partial charge in [-0.1, -0.05) is 23.9 Å². The van der Waals surface area contributed by atoms with Gasteiger partial charge in [0.2, 0.25) is 5.84 Å². The first-order chi connectivity index (χ1) is 13.6. The SMILES string of the molecule is C=C1C(=N/C=C(\C)N2CCC[C@@H](N)C2)N=NN1Cc1ccc2ncccc2c1. The summed E-state index contributed by atoms with van der Waals surface area (Å²) < 4.78 is 0. The van der Waals surface area contributed by atoms with Crippen LogP contribution in [0.5, 0.6) is 0 Å². The Morgan fingerprint density at radius 3 is 3.14 bits per heavy atom. The lowest BCUT2D eigenvalue weighted by atomic mass is 10.1. The molecule has 0 bridgehead atoms. The molecule has 144 valence electrons. The van der Waals surface area contributed by atoms with Gasteiger partial charge in [-0.2, -0.15) is 0 Å². The van der Waals surface area contributed by atoms with Gasteiger partial charge in [-0.05, 0) is 43.5 Å². The Labute approximate surface area is 164 Å². The summed E-state index contributed by atoms with van der Waals surface area (Å²) >= 11 is 0. The Kier molecular flexibility index (Phi) is 5.16. The molecule has 28 heavy (non-hydrogen) atoms. The summed E-state index contributed by atoms with van der Waals surface area (Å²) in [5.41, 5.74) is 9.96. The molecule has 3 heterocycles. The number of amidine groups is 1. The average molecular weight is 375 g/mol. The van der Waals surface area contributed by atoms with Crippen LogP contribution in [0, 0.1) is 0 Å². The fourth-order valence-electron chi connectivity index (χ4n) is 3.51. The van der Waals surface area contributed by atoms with Crippen LogP contribution >= 0.6 is 0 Å². The second-order valence-electron chi connectivity index (χ2n) is 7.30. The smallest absolute Gasteiger partial charge is 0.201 e. The molecule has 0 unspecified atom stereocenters. The van der Waals surface area contributed by atoms with Gasteiger partial charge >= 0.3 is 0 Å². The number of aromatic nitrogens is 1. The summed E-state index contributed by atoms with van der Waals surface area (Å²) in [6, 6.07) is 10.4. The van der Waals surface area contributed by atoms with Crippen LogP contribution in [-0.4, -0.2) is 39.9 Å². The van der Waals surface area contributed by atoms with Gasteiger partial charge < -0.3 is 10.6 Å². The molecule has 1 saturated heterocycles. The number of pyridine rings is 1. The number of rotatable bonds is 4. The highest BCUT2D eigenvalue weighted by Gasteiger charge is 2.20. The zero-order valence-corrected chi connectivity index (χ0v) is 16.1. The second-order valence-corrected chi connectivity index (χ2v) is 7.30. The number of piperidine rings is 1. The van der Waals surface area contributed by atoms with Crippen LogP contribution in [0.2, 0.25) is 0 Å². The highest BCUT2D eigenvalue weighted by atomic mass is 15.6. The fraction of sp³-hybridized carbons (Fsp3) is 0.333. The number of fused-ring (bicyclic) bond motifs is 1. The van der Waals surface area contributed by atoms with Crippen LogP contribution < -0.4 is 5.73 Å². The van der Waals surface area contributed by atoms with Gasteiger partial charge in [-0.15, -0.1) is 5.11 Å². The van der Waals surface area contributed by atoms with Crippen molar-refractivity contribution < 1.29 is 0 Å². The van der Waals surface area contributed by atoms with E-state index in [4.69, 9.17) is 5.73 Å². The predicted octanol–water partition coefficient (Wildman–Crippen LogP) is 3.61. The van der Waals surface area contributed by atoms with Gasteiger partial charge in [0.1, 0.15) is 5.70 Å². The molecule has 0 radical (unpaired) electrons. The Hall–Kier alpha value is -3.06. The first-order valence-corrected chi connectivity index (χ1v) is 9.57. The molecule has 1 aromatic carbocycles. The van der Waals surface area contributed by atoms with E-state index in [1.165, 1.54) is 0 Å². The lowest BCUT2D eigenvalue weighted by molar-refractivity contribution is 0.259. The van der Waals surface area contributed by atoms with Gasteiger partial charge in [-0.3, -0.25) is 4.98 Å². The summed E-state index contributed by atoms with van der Waals surface area (Å²) in [6.07, 6.45) is 5.84. The Balaban J connectivity index is 1.43. The van der Waals surface area contributed by atoms with Crippen molar-refractivity contribution in [2.75, 3.05) is 13.1 Å². The van der Waals surface area contributed by atoms with Crippen molar-refractivity contribution in [3.63, 3.8) is 0 Å². The number of nitrogens with two attached hydrogens (primary N) is 1. The maximum atomic E-state index is 6.07. The van der Waals surface area contributed by atoms with Crippen molar-refractivity contribution in [2.24, 2.45) is 21.1 Å². The third-order valence-electron chi connectivity index (χ3n) is 5.15. The van der Waals surface area contributed by atoms with E-state index in [1.807, 2.05) is 18.3 Å². The average Bonchev–Trinajstić information content (AvgIpc) is 3.05. The van der Waals surface area contributed by atoms with Crippen LogP contribution in [0.15, 0.2) is 76.0 Å². The minimum Gasteiger partial charge on any atom is -0.372 e. The van der Waals surface area contributed by atoms with E-state index < -0.39 is 0 Å². The standard InChI is InChI=1S/C21H25N7/c1-15(27-10-4-6-19(22)14-27)12-24-21-16(2)28(26-25-21)13-17-7-8-20-18(11-17)5-3-9-23-20/h3,5,7-9,11-12,19H,2,4,6,10,13-14,22H2,1H3/b15-12+,24-21?/t19-/m1/s1. The van der Waals surface area contributed by atoms with Crippen LogP contribution in [0.1, 0.15) is 25.3 Å². The minimum atomic E-state index is 0.235. The second kappa shape index (κ2) is 7.90. The topological polar surface area (TPSA) is 82.5 Å². The van der Waals surface area contributed by atoms with Gasteiger partial charge in [0.15, 0.2) is 0 Å². The maximum absolute atomic E-state index is 6.07. The Morgan fingerprint density at radius 1 is 1.39 bits per heavy atom. The number of hydrogen-bond acceptors (Lipinski definition) is 6. The number of hydrogen-bond donors (Lipinski definition) is 1. The molecule has 1 atom stereocenters. The lowest BCUT2D eigenvalue weighted by Gasteiger charge is -2.32. The van der Waals surface area contributed by atoms with Crippen molar-refractivity contribution >= 4 is 16.7 Å². The molecule has 4 rings (SSSR count). The van der Waals surface area contributed by atoms with E-state index in [0.29, 0.717) is 18.1 Å². The molecule has 1 aromatic heterocycles. The van der Waals surface area contributed by atoms with Gasteiger partial charge in [0, 0.05) is 42.6 Å². The molecule has 0 aliphatic carbocycles. The molecule has 1 fully saturated rings. The number of nitrogens with zero attached hydrogens (tertiary/aromatic N) is 6. The molecule has 7 nitrogen and oxygen atoms in total. The molecule has 0 saturated carbocycles. The number of aliphatic imine (C=N–C) groups is 1. The molecule has 2 aliphatic heterocycles. The van der Waals surface area contributed by atoms with E-state index in [1.54, 1.807) is 11.2 Å². The van der Waals surface area contributed by atoms with Crippen LogP contribution in [0.4, 0.5) is 0 Å². The van der Waals surface area contributed by atoms with E-state index in [0.717, 1.165) is 48.1 Å². The normalized spacial score (nSPS) is 21.9. The van der Waals surface area contributed by atoms with E-state index in [9.17, 15) is 0 Å². The summed E-state index contributed by atoms with van der Waals surface area (Å²) in [5, 5.41) is 11.3. The van der Waals surface area contributed by atoms with E-state index >= 15 is 0 Å². The zero-order valence-electron chi connectivity index (χ0n) is 16.1. The molecule has 2 N–H and O–H groups in total. The molecule has 2 aromatic rings. The highest BCUT2D eigenvalue weighted by Crippen LogP contribution is 2.22. The molecule has 0 spiro atoms. The van der Waals surface area contributed by atoms with Gasteiger partial charge in [0.25, 0.3) is 0 Å². The van der Waals surface area contributed by atoms with Gasteiger partial charge in [0.05, 0.1) is 12.1 Å². The molecular weight excluding hydrogens is 350 g/mol. The Bertz CT molecular complexity index is 976. The largest absolute Gasteiger partial charge is 0.372 e. The molecule has 0 amide bonds. The predicted molar refractivity (Wildman–Crippen MR) is 111 cm³/mol. The quantitative estimate of drug-likeness (QED) is 0.885. The summed E-state index contributed by atoms with van der Waals surface area (Å²) in [6.45, 7) is 8.65. The van der Waals surface area contributed by atoms with Crippen molar-refractivity contribution in [1.29, 1.82) is 0 Å². The third kappa shape index (κ3) is 3.94. The summed E-state index contributed by atoms with van der Waals surface area (Å²) in [5.74, 6) is 0.545. The number of allylic oxidation sites excluding steroid dienone is 1. The van der Waals surface area contributed by atoms with Crippen molar-refractivity contribution in [3.8, 4) is 0 Å². The third-order valence-corrected chi connectivity index (χ3v) is 5.15. The lowest BCUT2D eigenvalue weighted by Crippen LogP contribution is -2.41. The maximum Gasteiger partial charge on any atom is 0.201 e. The van der Waals surface area contributed by atoms with Crippen molar-refractivity contribution in [2.45, 2.75) is 32.4 Å². The minimum absolute atomic E-state index is 0.235.